The molecule has 3 rings (SSSR count). The van der Waals surface area contributed by atoms with Crippen LogP contribution in [0, 0.1) is 23.0 Å². The quantitative estimate of drug-likeness (QED) is 0.667. The lowest BCUT2D eigenvalue weighted by molar-refractivity contribution is -0.385. The van der Waals surface area contributed by atoms with E-state index in [0.29, 0.717) is 17.8 Å². The molecule has 2 aliphatic rings. The zero-order chi connectivity index (χ0) is 14.4. The monoisotopic (exact) mass is 277 g/mol. The number of aliphatic carboxylic acids is 1. The van der Waals surface area contributed by atoms with E-state index in [9.17, 15) is 20.0 Å². The van der Waals surface area contributed by atoms with Gasteiger partial charge in [-0.15, -0.1) is 0 Å². The third-order valence-electron chi connectivity index (χ3n) is 4.38. The number of hydrogen-bond donors (Lipinski definition) is 1. The molecule has 0 aliphatic carbocycles. The van der Waals surface area contributed by atoms with E-state index in [1.165, 1.54) is 12.3 Å². The van der Waals surface area contributed by atoms with Crippen molar-refractivity contribution in [2.45, 2.75) is 38.3 Å². The number of nitro groups is 1. The second kappa shape index (κ2) is 4.43. The van der Waals surface area contributed by atoms with Gasteiger partial charge in [-0.05, 0) is 26.2 Å². The van der Waals surface area contributed by atoms with Crippen LogP contribution in [0.15, 0.2) is 12.3 Å². The smallest absolute Gasteiger partial charge is 0.308 e. The number of hydrogen-bond acceptors (Lipinski definition) is 5. The second-order valence-electron chi connectivity index (χ2n) is 5.47. The van der Waals surface area contributed by atoms with Crippen molar-refractivity contribution < 1.29 is 14.8 Å². The van der Waals surface area contributed by atoms with Gasteiger partial charge in [-0.1, -0.05) is 0 Å². The molecule has 7 nitrogen and oxygen atoms in total. The van der Waals surface area contributed by atoms with Crippen LogP contribution in [0.25, 0.3) is 0 Å². The Labute approximate surface area is 115 Å². The van der Waals surface area contributed by atoms with Gasteiger partial charge in [-0.3, -0.25) is 14.9 Å². The van der Waals surface area contributed by atoms with Gasteiger partial charge in [0.1, 0.15) is 5.82 Å². The molecule has 0 amide bonds. The van der Waals surface area contributed by atoms with Crippen LogP contribution in [-0.4, -0.2) is 33.1 Å². The van der Waals surface area contributed by atoms with Crippen LogP contribution in [0.3, 0.4) is 0 Å². The van der Waals surface area contributed by atoms with E-state index in [1.54, 1.807) is 6.92 Å². The molecule has 0 spiro atoms. The molecule has 0 radical (unpaired) electrons. The zero-order valence-corrected chi connectivity index (χ0v) is 11.0. The maximum absolute atomic E-state index is 11.2. The molecule has 3 heterocycles. The normalized spacial score (nSPS) is 27.9. The number of anilines is 1. The third-order valence-corrected chi connectivity index (χ3v) is 4.38. The number of nitrogens with zero attached hydrogens (tertiary/aromatic N) is 3. The number of pyridine rings is 1. The van der Waals surface area contributed by atoms with Crippen molar-refractivity contribution in [2.24, 2.45) is 5.92 Å². The highest BCUT2D eigenvalue weighted by molar-refractivity contribution is 5.74. The summed E-state index contributed by atoms with van der Waals surface area (Å²) in [6.45, 7) is 1.65. The molecule has 1 N–H and O–H groups in total. The first-order valence-electron chi connectivity index (χ1n) is 6.61. The molecular weight excluding hydrogens is 262 g/mol. The minimum Gasteiger partial charge on any atom is -0.481 e. The molecule has 2 saturated heterocycles. The molecule has 20 heavy (non-hydrogen) atoms. The number of aryl methyl sites for hydroxylation is 1. The van der Waals surface area contributed by atoms with E-state index in [-0.39, 0.29) is 17.8 Å². The Balaban J connectivity index is 1.96. The first kappa shape index (κ1) is 12.8. The van der Waals surface area contributed by atoms with Gasteiger partial charge in [0, 0.05) is 23.8 Å². The van der Waals surface area contributed by atoms with E-state index in [0.717, 1.165) is 12.8 Å². The fourth-order valence-electron chi connectivity index (χ4n) is 3.45. The Hall–Kier alpha value is -2.18. The predicted molar refractivity (Wildman–Crippen MR) is 70.7 cm³/mol. The minimum absolute atomic E-state index is 0.0353. The van der Waals surface area contributed by atoms with Crippen molar-refractivity contribution in [1.29, 1.82) is 0 Å². The molecule has 3 atom stereocenters. The number of carbonyl (C=O) groups is 1. The topological polar surface area (TPSA) is 96.6 Å². The number of aromatic nitrogens is 1. The van der Waals surface area contributed by atoms with Crippen molar-refractivity contribution in [3.05, 3.63) is 27.9 Å². The summed E-state index contributed by atoms with van der Waals surface area (Å²) in [7, 11) is 0. The summed E-state index contributed by atoms with van der Waals surface area (Å²) in [5.74, 6) is -0.654. The molecule has 0 saturated carbocycles. The molecule has 106 valence electrons. The molecule has 3 unspecified atom stereocenters. The molecule has 2 aliphatic heterocycles. The highest BCUT2D eigenvalue weighted by Gasteiger charge is 2.50. The molecule has 2 bridgehead atoms. The van der Waals surface area contributed by atoms with E-state index in [4.69, 9.17) is 0 Å². The average Bonchev–Trinajstić information content (AvgIpc) is 2.96. The van der Waals surface area contributed by atoms with Crippen LogP contribution >= 0.6 is 0 Å². The van der Waals surface area contributed by atoms with Gasteiger partial charge in [0.2, 0.25) is 0 Å². The van der Waals surface area contributed by atoms with E-state index >= 15 is 0 Å². The SMILES string of the molecule is Cc1cnc(N2C3CCC2C(C(=O)O)C3)cc1[N+](=O)[O-]. The standard InChI is InChI=1S/C13H15N3O4/c1-7-6-14-12(5-11(7)16(19)20)15-8-2-3-10(15)9(4-8)13(17)18/h5-6,8-10H,2-4H2,1H3,(H,17,18). The summed E-state index contributed by atoms with van der Waals surface area (Å²) in [5, 5.41) is 20.2. The lowest BCUT2D eigenvalue weighted by Crippen LogP contribution is -2.33. The van der Waals surface area contributed by atoms with Crippen LogP contribution in [0.5, 0.6) is 0 Å². The number of carboxylic acids is 1. The Morgan fingerprint density at radius 1 is 1.55 bits per heavy atom. The molecule has 1 aromatic rings. The largest absolute Gasteiger partial charge is 0.481 e. The van der Waals surface area contributed by atoms with Crippen molar-refractivity contribution in [2.75, 3.05) is 4.90 Å². The zero-order valence-electron chi connectivity index (χ0n) is 11.0. The fourth-order valence-corrected chi connectivity index (χ4v) is 3.45. The van der Waals surface area contributed by atoms with Gasteiger partial charge >= 0.3 is 5.97 Å². The van der Waals surface area contributed by atoms with Crippen LogP contribution in [0.2, 0.25) is 0 Å². The van der Waals surface area contributed by atoms with E-state index < -0.39 is 16.8 Å². The van der Waals surface area contributed by atoms with Crippen molar-refractivity contribution in [3.8, 4) is 0 Å². The number of fused-ring (bicyclic) bond motifs is 2. The molecule has 0 aromatic carbocycles. The second-order valence-corrected chi connectivity index (χ2v) is 5.47. The first-order chi connectivity index (χ1) is 9.49. The lowest BCUT2D eigenvalue weighted by atomic mass is 9.89. The Morgan fingerprint density at radius 2 is 2.30 bits per heavy atom. The lowest BCUT2D eigenvalue weighted by Gasteiger charge is -2.24. The van der Waals surface area contributed by atoms with Gasteiger partial charge in [0.25, 0.3) is 5.69 Å². The predicted octanol–water partition coefficient (Wildman–Crippen LogP) is 1.74. The summed E-state index contributed by atoms with van der Waals surface area (Å²) < 4.78 is 0. The third kappa shape index (κ3) is 1.81. The van der Waals surface area contributed by atoms with E-state index in [2.05, 4.69) is 4.98 Å². The van der Waals surface area contributed by atoms with Crippen molar-refractivity contribution in [1.82, 2.24) is 4.98 Å². The molecule has 2 fully saturated rings. The summed E-state index contributed by atoms with van der Waals surface area (Å²) in [6, 6.07) is 1.51. The summed E-state index contributed by atoms with van der Waals surface area (Å²) in [6.07, 6.45) is 3.83. The minimum atomic E-state index is -0.788. The Bertz CT molecular complexity index is 589. The summed E-state index contributed by atoms with van der Waals surface area (Å²) >= 11 is 0. The Kier molecular flexibility index (Phi) is 2.84. The van der Waals surface area contributed by atoms with Gasteiger partial charge in [0.05, 0.1) is 16.9 Å². The van der Waals surface area contributed by atoms with Crippen molar-refractivity contribution >= 4 is 17.5 Å². The van der Waals surface area contributed by atoms with E-state index in [1.807, 2.05) is 4.90 Å². The molecule has 7 heteroatoms. The van der Waals surface area contributed by atoms with Gasteiger partial charge in [-0.25, -0.2) is 4.98 Å². The average molecular weight is 277 g/mol. The van der Waals surface area contributed by atoms with Crippen LogP contribution in [0.1, 0.15) is 24.8 Å². The van der Waals surface area contributed by atoms with Gasteiger partial charge in [0.15, 0.2) is 0 Å². The van der Waals surface area contributed by atoms with Crippen LogP contribution in [0.4, 0.5) is 11.5 Å². The maximum atomic E-state index is 11.2. The Morgan fingerprint density at radius 3 is 2.90 bits per heavy atom. The summed E-state index contributed by atoms with van der Waals surface area (Å²) in [4.78, 5) is 28.1. The molecule has 1 aromatic heterocycles. The van der Waals surface area contributed by atoms with Crippen molar-refractivity contribution in [3.63, 3.8) is 0 Å². The number of carboxylic acid groups (broad SMARTS) is 1. The summed E-state index contributed by atoms with van der Waals surface area (Å²) in [5.41, 5.74) is 0.549. The first-order valence-corrected chi connectivity index (χ1v) is 6.61. The van der Waals surface area contributed by atoms with Crippen LogP contribution in [-0.2, 0) is 4.79 Å². The fraction of sp³-hybridized carbons (Fsp3) is 0.538. The number of rotatable bonds is 3. The van der Waals surface area contributed by atoms with Crippen LogP contribution < -0.4 is 4.90 Å². The highest BCUT2D eigenvalue weighted by Crippen LogP contribution is 2.44. The maximum Gasteiger partial charge on any atom is 0.308 e. The highest BCUT2D eigenvalue weighted by atomic mass is 16.6. The van der Waals surface area contributed by atoms with Gasteiger partial charge in [-0.2, -0.15) is 0 Å². The van der Waals surface area contributed by atoms with Gasteiger partial charge < -0.3 is 10.0 Å². The molecular formula is C13H15N3O4.